The van der Waals surface area contributed by atoms with Crippen LogP contribution in [0.5, 0.6) is 0 Å². The van der Waals surface area contributed by atoms with Gasteiger partial charge >= 0.3 is 12.2 Å². The number of carboxylic acid groups (broad SMARTS) is 1. The SMILES string of the molecule is CC(C)(C)OC(=O)N[C@@H](CC1CN(C(=O)O)C1)S(C)(=O)=O. The maximum absolute atomic E-state index is 11.7. The average Bonchev–Trinajstić information content (AvgIpc) is 2.15. The van der Waals surface area contributed by atoms with Gasteiger partial charge in [-0.1, -0.05) is 0 Å². The maximum atomic E-state index is 11.7. The van der Waals surface area contributed by atoms with Crippen LogP contribution in [0.4, 0.5) is 9.59 Å². The van der Waals surface area contributed by atoms with Gasteiger partial charge < -0.3 is 20.1 Å². The molecule has 1 aliphatic rings. The van der Waals surface area contributed by atoms with Crippen molar-refractivity contribution in [3.63, 3.8) is 0 Å². The summed E-state index contributed by atoms with van der Waals surface area (Å²) >= 11 is 0. The Kier molecular flexibility index (Phi) is 5.08. The lowest BCUT2D eigenvalue weighted by molar-refractivity contribution is 0.0487. The molecule has 1 atom stereocenters. The van der Waals surface area contributed by atoms with Gasteiger partial charge in [-0.05, 0) is 33.1 Å². The number of ether oxygens (including phenoxy) is 1. The molecule has 1 aliphatic heterocycles. The van der Waals surface area contributed by atoms with Crippen LogP contribution in [0.3, 0.4) is 0 Å². The highest BCUT2D eigenvalue weighted by Crippen LogP contribution is 2.22. The zero-order valence-electron chi connectivity index (χ0n) is 12.6. The number of nitrogens with zero attached hydrogens (tertiary/aromatic N) is 1. The summed E-state index contributed by atoms with van der Waals surface area (Å²) in [6.07, 6.45) is -0.626. The summed E-state index contributed by atoms with van der Waals surface area (Å²) in [7, 11) is -3.50. The molecule has 21 heavy (non-hydrogen) atoms. The first kappa shape index (κ1) is 17.5. The van der Waals surface area contributed by atoms with E-state index >= 15 is 0 Å². The van der Waals surface area contributed by atoms with E-state index in [0.717, 1.165) is 6.26 Å². The normalized spacial score (nSPS) is 17.8. The van der Waals surface area contributed by atoms with E-state index in [9.17, 15) is 18.0 Å². The lowest BCUT2D eigenvalue weighted by Gasteiger charge is -2.38. The van der Waals surface area contributed by atoms with Crippen LogP contribution in [0, 0.1) is 5.92 Å². The van der Waals surface area contributed by atoms with Crippen LogP contribution in [0.1, 0.15) is 27.2 Å². The number of amides is 2. The van der Waals surface area contributed by atoms with E-state index in [1.807, 2.05) is 0 Å². The van der Waals surface area contributed by atoms with E-state index in [2.05, 4.69) is 5.32 Å². The maximum Gasteiger partial charge on any atom is 0.408 e. The first-order valence-corrected chi connectivity index (χ1v) is 8.50. The van der Waals surface area contributed by atoms with Gasteiger partial charge in [0.2, 0.25) is 0 Å². The molecule has 0 aromatic rings. The van der Waals surface area contributed by atoms with Crippen molar-refractivity contribution in [2.24, 2.45) is 5.92 Å². The van der Waals surface area contributed by atoms with E-state index < -0.39 is 33.0 Å². The molecule has 0 unspecified atom stereocenters. The van der Waals surface area contributed by atoms with Crippen molar-refractivity contribution in [3.8, 4) is 0 Å². The van der Waals surface area contributed by atoms with Crippen molar-refractivity contribution in [1.82, 2.24) is 10.2 Å². The first-order chi connectivity index (χ1) is 9.38. The Morgan fingerprint density at radius 1 is 1.38 bits per heavy atom. The largest absolute Gasteiger partial charge is 0.465 e. The molecule has 1 heterocycles. The summed E-state index contributed by atoms with van der Waals surface area (Å²) in [4.78, 5) is 23.5. The summed E-state index contributed by atoms with van der Waals surface area (Å²) in [5.74, 6) is -0.0873. The monoisotopic (exact) mass is 322 g/mol. The Morgan fingerprint density at radius 3 is 2.29 bits per heavy atom. The van der Waals surface area contributed by atoms with E-state index in [1.54, 1.807) is 20.8 Å². The van der Waals surface area contributed by atoms with Gasteiger partial charge in [-0.3, -0.25) is 0 Å². The molecule has 0 radical (unpaired) electrons. The molecule has 0 bridgehead atoms. The molecule has 2 amide bonds. The Balaban J connectivity index is 2.59. The molecule has 0 spiro atoms. The number of carbonyl (C=O) groups is 2. The lowest BCUT2D eigenvalue weighted by atomic mass is 9.97. The van der Waals surface area contributed by atoms with Crippen molar-refractivity contribution in [2.45, 2.75) is 38.2 Å². The van der Waals surface area contributed by atoms with Crippen LogP contribution >= 0.6 is 0 Å². The first-order valence-electron chi connectivity index (χ1n) is 6.55. The molecule has 1 rings (SSSR count). The van der Waals surface area contributed by atoms with Gasteiger partial charge in [0, 0.05) is 19.3 Å². The molecule has 8 nitrogen and oxygen atoms in total. The number of hydrogen-bond donors (Lipinski definition) is 2. The van der Waals surface area contributed by atoms with Crippen molar-refractivity contribution in [3.05, 3.63) is 0 Å². The summed E-state index contributed by atoms with van der Waals surface area (Å²) in [6.45, 7) is 5.59. The molecule has 9 heteroatoms. The minimum atomic E-state index is -3.50. The molecule has 0 aromatic heterocycles. The molecule has 2 N–H and O–H groups in total. The smallest absolute Gasteiger partial charge is 0.408 e. The zero-order valence-corrected chi connectivity index (χ0v) is 13.4. The number of hydrogen-bond acceptors (Lipinski definition) is 5. The number of sulfone groups is 1. The third-order valence-electron chi connectivity index (χ3n) is 2.97. The van der Waals surface area contributed by atoms with Crippen LogP contribution in [-0.4, -0.2) is 60.9 Å². The van der Waals surface area contributed by atoms with Gasteiger partial charge in [0.25, 0.3) is 0 Å². The fourth-order valence-corrected chi connectivity index (χ4v) is 2.89. The fraction of sp³-hybridized carbons (Fsp3) is 0.833. The molecule has 0 saturated carbocycles. The fourth-order valence-electron chi connectivity index (χ4n) is 1.96. The second-order valence-corrected chi connectivity index (χ2v) is 8.48. The van der Waals surface area contributed by atoms with Gasteiger partial charge in [-0.25, -0.2) is 18.0 Å². The Labute approximate surface area is 124 Å². The third kappa shape index (κ3) is 5.78. The topological polar surface area (TPSA) is 113 Å². The van der Waals surface area contributed by atoms with Crippen molar-refractivity contribution in [1.29, 1.82) is 0 Å². The standard InChI is InChI=1S/C12H22N2O6S/c1-12(2,3)20-10(15)13-9(21(4,18)19)5-8-6-14(7-8)11(16)17/h8-9H,5-7H2,1-4H3,(H,13,15)(H,16,17)/t9-/m1/s1. The lowest BCUT2D eigenvalue weighted by Crippen LogP contribution is -2.53. The van der Waals surface area contributed by atoms with Crippen LogP contribution < -0.4 is 5.32 Å². The molecule has 0 aromatic carbocycles. The zero-order chi connectivity index (χ0) is 16.4. The number of alkyl carbamates (subject to hydrolysis) is 1. The summed E-state index contributed by atoms with van der Waals surface area (Å²) in [6, 6.07) is 0. The summed E-state index contributed by atoms with van der Waals surface area (Å²) < 4.78 is 28.5. The molecule has 1 saturated heterocycles. The third-order valence-corrected chi connectivity index (χ3v) is 4.31. The predicted molar refractivity (Wildman–Crippen MR) is 75.7 cm³/mol. The Morgan fingerprint density at radius 2 is 1.90 bits per heavy atom. The van der Waals surface area contributed by atoms with Crippen molar-refractivity contribution < 1.29 is 27.9 Å². The molecular weight excluding hydrogens is 300 g/mol. The highest BCUT2D eigenvalue weighted by Gasteiger charge is 2.36. The Hall–Kier alpha value is -1.51. The Bertz CT molecular complexity index is 504. The predicted octanol–water partition coefficient (Wildman–Crippen LogP) is 0.882. The van der Waals surface area contributed by atoms with E-state index in [0.29, 0.717) is 0 Å². The van der Waals surface area contributed by atoms with Gasteiger partial charge in [-0.15, -0.1) is 0 Å². The minimum absolute atomic E-state index is 0.0873. The van der Waals surface area contributed by atoms with Crippen LogP contribution in [0.2, 0.25) is 0 Å². The highest BCUT2D eigenvalue weighted by molar-refractivity contribution is 7.91. The van der Waals surface area contributed by atoms with Crippen molar-refractivity contribution >= 4 is 22.0 Å². The van der Waals surface area contributed by atoms with Gasteiger partial charge in [0.15, 0.2) is 9.84 Å². The minimum Gasteiger partial charge on any atom is -0.465 e. The second-order valence-electron chi connectivity index (χ2n) is 6.25. The number of likely N-dealkylation sites (tertiary alicyclic amines) is 1. The van der Waals surface area contributed by atoms with E-state index in [4.69, 9.17) is 9.84 Å². The van der Waals surface area contributed by atoms with E-state index in [1.165, 1.54) is 4.90 Å². The quantitative estimate of drug-likeness (QED) is 0.794. The van der Waals surface area contributed by atoms with Crippen LogP contribution in [0.25, 0.3) is 0 Å². The average molecular weight is 322 g/mol. The second kappa shape index (κ2) is 6.08. The van der Waals surface area contributed by atoms with E-state index in [-0.39, 0.29) is 25.4 Å². The summed E-state index contributed by atoms with van der Waals surface area (Å²) in [5, 5.41) is 10.0. The highest BCUT2D eigenvalue weighted by atomic mass is 32.2. The van der Waals surface area contributed by atoms with Crippen LogP contribution in [0.15, 0.2) is 0 Å². The number of carbonyl (C=O) groups excluding carboxylic acids is 1. The summed E-state index contributed by atoms with van der Waals surface area (Å²) in [5.41, 5.74) is -0.720. The van der Waals surface area contributed by atoms with Crippen LogP contribution in [-0.2, 0) is 14.6 Å². The number of nitrogens with one attached hydrogen (secondary N) is 1. The van der Waals surface area contributed by atoms with Gasteiger partial charge in [0.05, 0.1) is 0 Å². The molecular formula is C12H22N2O6S. The van der Waals surface area contributed by atoms with Gasteiger partial charge in [0.1, 0.15) is 11.0 Å². The number of rotatable bonds is 4. The molecule has 0 aliphatic carbocycles. The molecule has 1 fully saturated rings. The van der Waals surface area contributed by atoms with Crippen molar-refractivity contribution in [2.75, 3.05) is 19.3 Å². The molecule has 122 valence electrons. The van der Waals surface area contributed by atoms with Gasteiger partial charge in [-0.2, -0.15) is 0 Å².